The summed E-state index contributed by atoms with van der Waals surface area (Å²) in [5, 5.41) is 1.55. The lowest BCUT2D eigenvalue weighted by Crippen LogP contribution is -2.41. The molecule has 1 aliphatic carbocycles. The molecule has 2 fully saturated rings. The predicted octanol–water partition coefficient (Wildman–Crippen LogP) is 7.39. The van der Waals surface area contributed by atoms with Crippen LogP contribution in [0.5, 0.6) is 0 Å². The molecule has 5 heteroatoms. The van der Waals surface area contributed by atoms with Crippen LogP contribution in [0.4, 0.5) is 0 Å². The average molecular weight is 529 g/mol. The molecule has 208 valence electrons. The molecule has 1 aromatic carbocycles. The van der Waals surface area contributed by atoms with Gasteiger partial charge in [0.2, 0.25) is 0 Å². The fraction of sp³-hybridized carbons (Fsp3) is 0.719. The quantitative estimate of drug-likeness (QED) is 0.0695. The highest BCUT2D eigenvalue weighted by Gasteiger charge is 2.27. The van der Waals surface area contributed by atoms with E-state index in [0.717, 1.165) is 31.3 Å². The molecule has 2 aliphatic rings. The second kappa shape index (κ2) is 15.2. The largest absolute Gasteiger partial charge is 0.462 e. The summed E-state index contributed by atoms with van der Waals surface area (Å²) in [7, 11) is -1.53. The van der Waals surface area contributed by atoms with Gasteiger partial charge in [-0.25, -0.2) is 4.79 Å². The summed E-state index contributed by atoms with van der Waals surface area (Å²) < 4.78 is 16.6. The normalized spacial score (nSPS) is 22.4. The predicted molar refractivity (Wildman–Crippen MR) is 156 cm³/mol. The van der Waals surface area contributed by atoms with Crippen LogP contribution < -0.4 is 5.19 Å². The van der Waals surface area contributed by atoms with Crippen molar-refractivity contribution in [2.45, 2.75) is 109 Å². The van der Waals surface area contributed by atoms with Gasteiger partial charge in [-0.3, -0.25) is 0 Å². The van der Waals surface area contributed by atoms with Crippen molar-refractivity contribution in [3.8, 4) is 0 Å². The molecule has 1 heterocycles. The molecule has 2 unspecified atom stereocenters. The SMILES string of the molecule is C=C(C)C(=O)OCC(CCC[Si](C)(C)c1ccc(C2CCC(CCCCC)CC2)cc1)COCC1CO1. The zero-order valence-corrected chi connectivity index (χ0v) is 25.1. The summed E-state index contributed by atoms with van der Waals surface area (Å²) in [5.74, 6) is 1.63. The topological polar surface area (TPSA) is 48.1 Å². The number of benzene rings is 1. The number of rotatable bonds is 17. The van der Waals surface area contributed by atoms with Crippen LogP contribution in [0, 0.1) is 11.8 Å². The van der Waals surface area contributed by atoms with E-state index in [-0.39, 0.29) is 18.0 Å². The highest BCUT2D eigenvalue weighted by Crippen LogP contribution is 2.37. The van der Waals surface area contributed by atoms with Gasteiger partial charge in [0.15, 0.2) is 0 Å². The first kappa shape index (κ1) is 30.1. The molecule has 0 bridgehead atoms. The average Bonchev–Trinajstić information content (AvgIpc) is 3.72. The summed E-state index contributed by atoms with van der Waals surface area (Å²) in [6.07, 6.45) is 13.5. The minimum atomic E-state index is -1.53. The molecular weight excluding hydrogens is 476 g/mol. The number of hydrogen-bond donors (Lipinski definition) is 0. The third-order valence-corrected chi connectivity index (χ3v) is 12.0. The Balaban J connectivity index is 1.44. The van der Waals surface area contributed by atoms with Gasteiger partial charge in [-0.1, -0.05) is 94.2 Å². The molecule has 2 atom stereocenters. The number of epoxide rings is 1. The Morgan fingerprint density at radius 3 is 2.41 bits per heavy atom. The van der Waals surface area contributed by atoms with Crippen molar-refractivity contribution in [1.29, 1.82) is 0 Å². The minimum absolute atomic E-state index is 0.214. The molecule has 1 saturated heterocycles. The number of esters is 1. The molecule has 0 aromatic heterocycles. The molecule has 1 aromatic rings. The number of unbranched alkanes of at least 4 members (excludes halogenated alkanes) is 2. The van der Waals surface area contributed by atoms with Gasteiger partial charge in [-0.05, 0) is 56.4 Å². The summed E-state index contributed by atoms with van der Waals surface area (Å²) >= 11 is 0. The zero-order chi connectivity index (χ0) is 26.7. The summed E-state index contributed by atoms with van der Waals surface area (Å²) in [6, 6.07) is 10.9. The Kier molecular flexibility index (Phi) is 12.4. The van der Waals surface area contributed by atoms with Crippen LogP contribution in [0.2, 0.25) is 19.1 Å². The van der Waals surface area contributed by atoms with Crippen LogP contribution in [0.1, 0.15) is 89.5 Å². The van der Waals surface area contributed by atoms with E-state index in [1.165, 1.54) is 57.4 Å². The van der Waals surface area contributed by atoms with Crippen molar-refractivity contribution in [2.24, 2.45) is 11.8 Å². The van der Waals surface area contributed by atoms with Crippen molar-refractivity contribution in [3.63, 3.8) is 0 Å². The number of carbonyl (C=O) groups excluding carboxylic acids is 1. The van der Waals surface area contributed by atoms with Crippen LogP contribution in [0.15, 0.2) is 36.4 Å². The molecule has 4 nitrogen and oxygen atoms in total. The lowest BCUT2D eigenvalue weighted by atomic mass is 9.77. The van der Waals surface area contributed by atoms with Gasteiger partial charge in [0, 0.05) is 11.5 Å². The van der Waals surface area contributed by atoms with Crippen molar-refractivity contribution in [1.82, 2.24) is 0 Å². The van der Waals surface area contributed by atoms with Crippen molar-refractivity contribution >= 4 is 19.2 Å². The van der Waals surface area contributed by atoms with Gasteiger partial charge in [-0.15, -0.1) is 0 Å². The summed E-state index contributed by atoms with van der Waals surface area (Å²) in [5.41, 5.74) is 2.00. The second-order valence-corrected chi connectivity index (χ2v) is 17.2. The number of hydrogen-bond acceptors (Lipinski definition) is 4. The van der Waals surface area contributed by atoms with Crippen molar-refractivity contribution in [2.75, 3.05) is 26.4 Å². The van der Waals surface area contributed by atoms with Crippen LogP contribution >= 0.6 is 0 Å². The van der Waals surface area contributed by atoms with E-state index in [0.29, 0.717) is 25.4 Å². The fourth-order valence-electron chi connectivity index (χ4n) is 5.71. The minimum Gasteiger partial charge on any atom is -0.462 e. The van der Waals surface area contributed by atoms with E-state index in [1.54, 1.807) is 17.7 Å². The van der Waals surface area contributed by atoms with Gasteiger partial charge in [-0.2, -0.15) is 0 Å². The van der Waals surface area contributed by atoms with Gasteiger partial charge < -0.3 is 14.2 Å². The Hall–Kier alpha value is -1.43. The first-order chi connectivity index (χ1) is 17.8. The van der Waals surface area contributed by atoms with E-state index in [9.17, 15) is 4.79 Å². The highest BCUT2D eigenvalue weighted by atomic mass is 28.3. The maximum Gasteiger partial charge on any atom is 0.333 e. The van der Waals surface area contributed by atoms with E-state index in [2.05, 4.69) is 50.9 Å². The molecule has 0 radical (unpaired) electrons. The Morgan fingerprint density at radius 2 is 1.78 bits per heavy atom. The number of carbonyl (C=O) groups is 1. The fourth-order valence-corrected chi connectivity index (χ4v) is 8.16. The van der Waals surface area contributed by atoms with E-state index >= 15 is 0 Å². The van der Waals surface area contributed by atoms with Crippen molar-refractivity contribution < 1.29 is 19.0 Å². The highest BCUT2D eigenvalue weighted by molar-refractivity contribution is 6.89. The van der Waals surface area contributed by atoms with Crippen molar-refractivity contribution in [3.05, 3.63) is 42.0 Å². The first-order valence-electron chi connectivity index (χ1n) is 14.9. The smallest absolute Gasteiger partial charge is 0.333 e. The standard InChI is InChI=1S/C32H52O4Si/c1-6-7-8-10-26-12-14-28(15-13-26)29-16-18-31(19-17-29)37(4,5)20-9-11-27(21-34-23-30-24-35-30)22-36-32(33)25(2)3/h16-19,26-28,30H,2,6-15,20-24H2,1,3-5H3. The van der Waals surface area contributed by atoms with Gasteiger partial charge in [0.25, 0.3) is 0 Å². The third-order valence-electron chi connectivity index (χ3n) is 8.50. The van der Waals surface area contributed by atoms with Gasteiger partial charge in [0.1, 0.15) is 6.10 Å². The van der Waals surface area contributed by atoms with Crippen LogP contribution in [0.25, 0.3) is 0 Å². The van der Waals surface area contributed by atoms with Gasteiger partial charge >= 0.3 is 5.97 Å². The summed E-state index contributed by atoms with van der Waals surface area (Å²) in [4.78, 5) is 11.9. The second-order valence-electron chi connectivity index (χ2n) is 12.3. The Morgan fingerprint density at radius 1 is 1.08 bits per heavy atom. The van der Waals surface area contributed by atoms with Crippen LogP contribution in [-0.4, -0.2) is 46.6 Å². The molecular formula is C32H52O4Si. The maximum absolute atomic E-state index is 11.9. The third kappa shape index (κ3) is 10.7. The monoisotopic (exact) mass is 528 g/mol. The molecule has 1 aliphatic heterocycles. The van der Waals surface area contributed by atoms with E-state index in [4.69, 9.17) is 14.2 Å². The molecule has 0 amide bonds. The lowest BCUT2D eigenvalue weighted by molar-refractivity contribution is -0.141. The number of ether oxygens (including phenoxy) is 3. The van der Waals surface area contributed by atoms with Crippen LogP contribution in [-0.2, 0) is 19.0 Å². The molecule has 1 saturated carbocycles. The first-order valence-corrected chi connectivity index (χ1v) is 18.1. The Bertz CT molecular complexity index is 822. The van der Waals surface area contributed by atoms with E-state index < -0.39 is 8.07 Å². The summed E-state index contributed by atoms with van der Waals surface area (Å²) in [6.45, 7) is 15.1. The maximum atomic E-state index is 11.9. The molecule has 0 spiro atoms. The van der Waals surface area contributed by atoms with E-state index in [1.807, 2.05) is 0 Å². The molecule has 3 rings (SSSR count). The zero-order valence-electron chi connectivity index (χ0n) is 24.1. The lowest BCUT2D eigenvalue weighted by Gasteiger charge is -2.30. The van der Waals surface area contributed by atoms with Gasteiger partial charge in [0.05, 0.1) is 34.5 Å². The van der Waals surface area contributed by atoms with Crippen LogP contribution in [0.3, 0.4) is 0 Å². The molecule has 0 N–H and O–H groups in total. The molecule has 37 heavy (non-hydrogen) atoms. The Labute approximate surface area is 227 Å².